The summed E-state index contributed by atoms with van der Waals surface area (Å²) in [5.41, 5.74) is 13.5. The first-order valence-corrected chi connectivity index (χ1v) is 19.5. The summed E-state index contributed by atoms with van der Waals surface area (Å²) in [6.45, 7) is 6.00. The van der Waals surface area contributed by atoms with Gasteiger partial charge in [0, 0.05) is 38.7 Å². The maximum atomic E-state index is 7.06. The number of hydrogen-bond donors (Lipinski definition) is 0. The summed E-state index contributed by atoms with van der Waals surface area (Å²) in [4.78, 5) is 7.22. The normalized spacial score (nSPS) is 12.0. The molecule has 0 amide bonds. The second kappa shape index (κ2) is 14.8. The van der Waals surface area contributed by atoms with E-state index in [2.05, 4.69) is 175 Å². The van der Waals surface area contributed by atoms with Crippen molar-refractivity contribution in [3.05, 3.63) is 213 Å². The monoisotopic (exact) mass is 746 g/mol. The fourth-order valence-corrected chi connectivity index (χ4v) is 8.03. The number of benzene rings is 8. The highest BCUT2D eigenvalue weighted by Gasteiger charge is 2.25. The molecule has 0 aliphatic rings. The molecule has 276 valence electrons. The molecule has 0 aliphatic carbocycles. The van der Waals surface area contributed by atoms with Crippen LogP contribution in [-0.4, -0.2) is 4.98 Å². The van der Waals surface area contributed by atoms with Crippen LogP contribution in [0.2, 0.25) is 0 Å². The predicted octanol–water partition coefficient (Wildman–Crippen LogP) is 15.5. The Morgan fingerprint density at radius 1 is 0.569 bits per heavy atom. The summed E-state index contributed by atoms with van der Waals surface area (Å²) in [6, 6.07) is 61.9. The summed E-state index contributed by atoms with van der Waals surface area (Å²) < 4.78 is 13.6. The lowest BCUT2D eigenvalue weighted by Gasteiger charge is -2.27. The Bertz CT molecular complexity index is 3090. The van der Waals surface area contributed by atoms with Crippen LogP contribution < -0.4 is 4.90 Å². The van der Waals surface area contributed by atoms with Crippen LogP contribution in [0.5, 0.6) is 0 Å². The molecule has 0 fully saturated rings. The van der Waals surface area contributed by atoms with E-state index in [0.717, 1.165) is 83.1 Å². The van der Waals surface area contributed by atoms with Gasteiger partial charge in [-0.2, -0.15) is 0 Å². The van der Waals surface area contributed by atoms with Crippen molar-refractivity contribution in [3.63, 3.8) is 0 Å². The van der Waals surface area contributed by atoms with E-state index in [1.165, 1.54) is 11.1 Å². The lowest BCUT2D eigenvalue weighted by molar-refractivity contribution is 0.586. The van der Waals surface area contributed by atoms with E-state index in [-0.39, 0.29) is 0 Å². The predicted molar refractivity (Wildman–Crippen MR) is 243 cm³/mol. The number of hydrogen-bond acceptors (Lipinski definition) is 4. The third-order valence-corrected chi connectivity index (χ3v) is 10.8. The van der Waals surface area contributed by atoms with Gasteiger partial charge in [-0.05, 0) is 88.7 Å². The third kappa shape index (κ3) is 6.08. The zero-order valence-electron chi connectivity index (χ0n) is 32.0. The molecular formula is C54H38N2O2. The summed E-state index contributed by atoms with van der Waals surface area (Å²) in [5.74, 6) is 0.528. The quantitative estimate of drug-likeness (QED) is 0.138. The van der Waals surface area contributed by atoms with Crippen molar-refractivity contribution >= 4 is 66.4 Å². The standard InChI is InChI=1S/C54H38N2O2/c1-3-5-16-36(4-2)54-55-48-25-14-24-46(52(48)58-54)45-23-15-26-49-50(45)47-35-41-21-12-13-22-44(41)51(53(47)57-49)56(42-31-27-39(28-32-42)37-17-8-6-9-18-37)43-33-29-40(30-34-43)38-19-10-7-11-20-38/h3-35H,2H2,1H3/b5-3-,36-16+. The van der Waals surface area contributed by atoms with Crippen molar-refractivity contribution in [2.75, 3.05) is 4.90 Å². The average molecular weight is 747 g/mol. The number of para-hydroxylation sites is 1. The number of anilines is 3. The zero-order valence-corrected chi connectivity index (χ0v) is 32.0. The molecule has 0 spiro atoms. The van der Waals surface area contributed by atoms with Crippen LogP contribution in [0, 0.1) is 0 Å². The minimum Gasteiger partial charge on any atom is -0.454 e. The largest absolute Gasteiger partial charge is 0.454 e. The molecule has 4 nitrogen and oxygen atoms in total. The van der Waals surface area contributed by atoms with Crippen molar-refractivity contribution in [1.29, 1.82) is 0 Å². The van der Waals surface area contributed by atoms with Crippen LogP contribution in [0.4, 0.5) is 17.1 Å². The van der Waals surface area contributed by atoms with Crippen molar-refractivity contribution < 1.29 is 8.83 Å². The second-order valence-electron chi connectivity index (χ2n) is 14.3. The van der Waals surface area contributed by atoms with E-state index < -0.39 is 0 Å². The molecule has 0 aliphatic heterocycles. The minimum absolute atomic E-state index is 0.528. The average Bonchev–Trinajstić information content (AvgIpc) is 3.90. The molecule has 0 saturated heterocycles. The number of fused-ring (bicyclic) bond motifs is 5. The fraction of sp³-hybridized carbons (Fsp3) is 0.0185. The van der Waals surface area contributed by atoms with E-state index >= 15 is 0 Å². The lowest BCUT2D eigenvalue weighted by atomic mass is 9.96. The smallest absolute Gasteiger partial charge is 0.227 e. The Labute approximate surface area is 336 Å². The van der Waals surface area contributed by atoms with Crippen LogP contribution >= 0.6 is 0 Å². The van der Waals surface area contributed by atoms with Gasteiger partial charge in [-0.15, -0.1) is 0 Å². The van der Waals surface area contributed by atoms with E-state index in [4.69, 9.17) is 13.8 Å². The number of oxazole rings is 1. The third-order valence-electron chi connectivity index (χ3n) is 10.8. The summed E-state index contributed by atoms with van der Waals surface area (Å²) >= 11 is 0. The molecule has 0 atom stereocenters. The van der Waals surface area contributed by atoms with Gasteiger partial charge in [-0.3, -0.25) is 0 Å². The molecule has 0 bridgehead atoms. The van der Waals surface area contributed by atoms with Crippen LogP contribution in [0.1, 0.15) is 12.8 Å². The van der Waals surface area contributed by atoms with Crippen LogP contribution in [0.3, 0.4) is 0 Å². The van der Waals surface area contributed by atoms with Crippen molar-refractivity contribution in [1.82, 2.24) is 4.98 Å². The van der Waals surface area contributed by atoms with E-state index in [1.807, 2.05) is 37.3 Å². The van der Waals surface area contributed by atoms with Crippen molar-refractivity contribution in [3.8, 4) is 33.4 Å². The van der Waals surface area contributed by atoms with Gasteiger partial charge in [-0.1, -0.05) is 158 Å². The molecule has 10 aromatic rings. The second-order valence-corrected chi connectivity index (χ2v) is 14.3. The Morgan fingerprint density at radius 3 is 1.83 bits per heavy atom. The molecule has 0 N–H and O–H groups in total. The molecule has 8 aromatic carbocycles. The first-order valence-electron chi connectivity index (χ1n) is 19.5. The molecule has 4 heteroatoms. The molecule has 2 heterocycles. The number of nitrogens with zero attached hydrogens (tertiary/aromatic N) is 2. The number of rotatable bonds is 9. The molecule has 58 heavy (non-hydrogen) atoms. The Kier molecular flexibility index (Phi) is 8.85. The molecule has 0 saturated carbocycles. The number of aromatic nitrogens is 1. The highest BCUT2D eigenvalue weighted by Crippen LogP contribution is 2.49. The first kappa shape index (κ1) is 34.8. The lowest BCUT2D eigenvalue weighted by Crippen LogP contribution is -2.11. The number of allylic oxidation sites excluding steroid dienone is 5. The van der Waals surface area contributed by atoms with Gasteiger partial charge in [0.2, 0.25) is 5.89 Å². The zero-order chi connectivity index (χ0) is 39.0. The van der Waals surface area contributed by atoms with Crippen molar-refractivity contribution in [2.24, 2.45) is 0 Å². The van der Waals surface area contributed by atoms with Gasteiger partial charge in [-0.25, -0.2) is 4.98 Å². The van der Waals surface area contributed by atoms with Gasteiger partial charge >= 0.3 is 0 Å². The van der Waals surface area contributed by atoms with Crippen molar-refractivity contribution in [2.45, 2.75) is 6.92 Å². The molecular weight excluding hydrogens is 709 g/mol. The molecule has 2 aromatic heterocycles. The topological polar surface area (TPSA) is 42.4 Å². The fourth-order valence-electron chi connectivity index (χ4n) is 8.03. The van der Waals surface area contributed by atoms with E-state index in [0.29, 0.717) is 11.5 Å². The molecule has 0 radical (unpaired) electrons. The van der Waals surface area contributed by atoms with Crippen LogP contribution in [0.15, 0.2) is 216 Å². The Morgan fingerprint density at radius 2 is 1.17 bits per heavy atom. The van der Waals surface area contributed by atoms with Gasteiger partial charge < -0.3 is 13.7 Å². The maximum Gasteiger partial charge on any atom is 0.227 e. The highest BCUT2D eigenvalue weighted by molar-refractivity contribution is 6.23. The van der Waals surface area contributed by atoms with Gasteiger partial charge in [0.15, 0.2) is 11.2 Å². The van der Waals surface area contributed by atoms with Crippen LogP contribution in [0.25, 0.3) is 82.8 Å². The molecule has 0 unspecified atom stereocenters. The first-order chi connectivity index (χ1) is 28.7. The SMILES string of the molecule is C=C/C(=C\C=C/C)c1nc2cccc(-c3cccc4oc5c(N(c6ccc(-c7ccccc7)cc6)c6ccc(-c7ccccc7)cc6)c6ccccc6cc5c34)c2o1. The maximum absolute atomic E-state index is 7.06. The Hall–Kier alpha value is -7.69. The number of furan rings is 1. The summed E-state index contributed by atoms with van der Waals surface area (Å²) in [6.07, 6.45) is 7.68. The summed E-state index contributed by atoms with van der Waals surface area (Å²) in [5, 5.41) is 4.23. The van der Waals surface area contributed by atoms with Gasteiger partial charge in [0.1, 0.15) is 11.1 Å². The van der Waals surface area contributed by atoms with Gasteiger partial charge in [0.25, 0.3) is 0 Å². The summed E-state index contributed by atoms with van der Waals surface area (Å²) in [7, 11) is 0. The van der Waals surface area contributed by atoms with E-state index in [9.17, 15) is 0 Å². The van der Waals surface area contributed by atoms with Gasteiger partial charge in [0.05, 0.1) is 5.69 Å². The van der Waals surface area contributed by atoms with E-state index in [1.54, 1.807) is 6.08 Å². The molecule has 10 rings (SSSR count). The highest BCUT2D eigenvalue weighted by atomic mass is 16.3. The minimum atomic E-state index is 0.528. The van der Waals surface area contributed by atoms with Crippen LogP contribution in [-0.2, 0) is 0 Å². The Balaban J connectivity index is 1.22.